The standard InChI is InChI=1S/C16H10ClFN6O/c17-11-3-1-10(2-4-11)15-21-22-16(25-15)24-19-9-14(23-24)20-13-7-5-12(18)6-8-13/h1-9H,(H,20,23). The molecular weight excluding hydrogens is 347 g/mol. The number of rotatable bonds is 4. The quantitative estimate of drug-likeness (QED) is 0.598. The molecule has 0 saturated heterocycles. The van der Waals surface area contributed by atoms with Crippen LogP contribution in [0.5, 0.6) is 0 Å². The van der Waals surface area contributed by atoms with Gasteiger partial charge in [-0.15, -0.1) is 10.2 Å². The Kier molecular flexibility index (Phi) is 3.87. The lowest BCUT2D eigenvalue weighted by molar-refractivity contribution is 0.496. The van der Waals surface area contributed by atoms with Crippen LogP contribution < -0.4 is 5.32 Å². The third kappa shape index (κ3) is 3.33. The molecule has 0 unspecified atom stereocenters. The Morgan fingerprint density at radius 2 is 1.76 bits per heavy atom. The van der Waals surface area contributed by atoms with Crippen molar-refractivity contribution >= 4 is 23.1 Å². The van der Waals surface area contributed by atoms with E-state index in [9.17, 15) is 4.39 Å². The van der Waals surface area contributed by atoms with Gasteiger partial charge in [0.25, 0.3) is 0 Å². The highest BCUT2D eigenvalue weighted by Gasteiger charge is 2.12. The second-order valence-corrected chi connectivity index (χ2v) is 5.48. The lowest BCUT2D eigenvalue weighted by Gasteiger charge is -2.00. The molecule has 0 fully saturated rings. The Balaban J connectivity index is 1.54. The van der Waals surface area contributed by atoms with Crippen LogP contribution in [0.4, 0.5) is 15.9 Å². The number of benzene rings is 2. The van der Waals surface area contributed by atoms with Crippen LogP contribution in [0.15, 0.2) is 59.1 Å². The van der Waals surface area contributed by atoms with E-state index in [1.807, 2.05) is 0 Å². The van der Waals surface area contributed by atoms with E-state index in [1.54, 1.807) is 36.4 Å². The summed E-state index contributed by atoms with van der Waals surface area (Å²) >= 11 is 5.86. The molecule has 0 bridgehead atoms. The van der Waals surface area contributed by atoms with Crippen LogP contribution in [0.2, 0.25) is 5.02 Å². The van der Waals surface area contributed by atoms with Crippen molar-refractivity contribution in [3.8, 4) is 17.5 Å². The van der Waals surface area contributed by atoms with E-state index in [4.69, 9.17) is 16.0 Å². The molecule has 0 aliphatic carbocycles. The lowest BCUT2D eigenvalue weighted by atomic mass is 10.2. The second-order valence-electron chi connectivity index (χ2n) is 5.05. The van der Waals surface area contributed by atoms with Gasteiger partial charge in [0.1, 0.15) is 5.82 Å². The highest BCUT2D eigenvalue weighted by atomic mass is 35.5. The van der Waals surface area contributed by atoms with Crippen LogP contribution in [0.3, 0.4) is 0 Å². The summed E-state index contributed by atoms with van der Waals surface area (Å²) in [6.07, 6.45) is 1.50. The SMILES string of the molecule is Fc1ccc(Nc2cnn(-c3nnc(-c4ccc(Cl)cc4)o3)n2)cc1. The molecular formula is C16H10ClFN6O. The first-order valence-corrected chi connectivity index (χ1v) is 7.60. The Morgan fingerprint density at radius 1 is 1.00 bits per heavy atom. The fourth-order valence-electron chi connectivity index (χ4n) is 2.10. The normalized spacial score (nSPS) is 10.8. The van der Waals surface area contributed by atoms with Crippen molar-refractivity contribution < 1.29 is 8.81 Å². The second kappa shape index (κ2) is 6.33. The summed E-state index contributed by atoms with van der Waals surface area (Å²) in [5, 5.41) is 19.8. The highest BCUT2D eigenvalue weighted by molar-refractivity contribution is 6.30. The molecule has 4 aromatic rings. The molecule has 2 aromatic heterocycles. The molecule has 1 N–H and O–H groups in total. The predicted molar refractivity (Wildman–Crippen MR) is 89.3 cm³/mol. The summed E-state index contributed by atoms with van der Waals surface area (Å²) in [5.41, 5.74) is 1.42. The molecule has 0 aliphatic rings. The molecule has 0 atom stereocenters. The predicted octanol–water partition coefficient (Wildman–Crippen LogP) is 3.85. The Bertz CT molecular complexity index is 996. The van der Waals surface area contributed by atoms with E-state index >= 15 is 0 Å². The first kappa shape index (κ1) is 15.3. The van der Waals surface area contributed by atoms with Crippen molar-refractivity contribution in [2.45, 2.75) is 0 Å². The van der Waals surface area contributed by atoms with E-state index in [1.165, 1.54) is 23.1 Å². The van der Waals surface area contributed by atoms with Crippen LogP contribution in [-0.4, -0.2) is 25.2 Å². The zero-order chi connectivity index (χ0) is 17.2. The number of halogens is 2. The third-order valence-electron chi connectivity index (χ3n) is 3.29. The van der Waals surface area contributed by atoms with Gasteiger partial charge >= 0.3 is 6.01 Å². The number of hydrogen-bond acceptors (Lipinski definition) is 6. The highest BCUT2D eigenvalue weighted by Crippen LogP contribution is 2.21. The van der Waals surface area contributed by atoms with Crippen molar-refractivity contribution in [3.05, 3.63) is 65.6 Å². The van der Waals surface area contributed by atoms with Gasteiger partial charge in [-0.25, -0.2) is 4.39 Å². The van der Waals surface area contributed by atoms with Gasteiger partial charge in [-0.05, 0) is 48.5 Å². The van der Waals surface area contributed by atoms with Gasteiger partial charge in [0.2, 0.25) is 5.89 Å². The molecule has 0 aliphatic heterocycles. The van der Waals surface area contributed by atoms with Crippen LogP contribution in [-0.2, 0) is 0 Å². The average molecular weight is 357 g/mol. The number of aromatic nitrogens is 5. The zero-order valence-electron chi connectivity index (χ0n) is 12.6. The largest absolute Gasteiger partial charge is 0.401 e. The molecule has 0 saturated carbocycles. The average Bonchev–Trinajstić information content (AvgIpc) is 3.27. The monoisotopic (exact) mass is 356 g/mol. The van der Waals surface area contributed by atoms with Gasteiger partial charge in [0.05, 0.1) is 6.20 Å². The lowest BCUT2D eigenvalue weighted by Crippen LogP contribution is -2.00. The van der Waals surface area contributed by atoms with E-state index in [0.717, 1.165) is 5.56 Å². The molecule has 0 radical (unpaired) electrons. The fraction of sp³-hybridized carbons (Fsp3) is 0. The van der Waals surface area contributed by atoms with Gasteiger partial charge in [-0.1, -0.05) is 21.5 Å². The van der Waals surface area contributed by atoms with Crippen molar-refractivity contribution in [2.24, 2.45) is 0 Å². The van der Waals surface area contributed by atoms with E-state index in [-0.39, 0.29) is 11.8 Å². The summed E-state index contributed by atoms with van der Waals surface area (Å²) in [6, 6.07) is 13.0. The molecule has 0 amide bonds. The van der Waals surface area contributed by atoms with E-state index in [2.05, 4.69) is 25.7 Å². The Morgan fingerprint density at radius 3 is 2.52 bits per heavy atom. The fourth-order valence-corrected chi connectivity index (χ4v) is 2.23. The van der Waals surface area contributed by atoms with Gasteiger partial charge in [0.15, 0.2) is 5.82 Å². The summed E-state index contributed by atoms with van der Waals surface area (Å²) in [6.45, 7) is 0. The zero-order valence-corrected chi connectivity index (χ0v) is 13.4. The molecule has 2 heterocycles. The topological polar surface area (TPSA) is 81.7 Å². The van der Waals surface area contributed by atoms with E-state index in [0.29, 0.717) is 22.4 Å². The van der Waals surface area contributed by atoms with Crippen LogP contribution in [0.1, 0.15) is 0 Å². The van der Waals surface area contributed by atoms with Gasteiger partial charge in [-0.3, -0.25) is 0 Å². The first-order valence-electron chi connectivity index (χ1n) is 7.22. The van der Waals surface area contributed by atoms with Crippen LogP contribution in [0.25, 0.3) is 17.5 Å². The van der Waals surface area contributed by atoms with Gasteiger partial charge < -0.3 is 9.73 Å². The van der Waals surface area contributed by atoms with E-state index < -0.39 is 0 Å². The van der Waals surface area contributed by atoms with Crippen molar-refractivity contribution in [2.75, 3.05) is 5.32 Å². The summed E-state index contributed by atoms with van der Waals surface area (Å²) in [5.74, 6) is 0.477. The minimum atomic E-state index is -0.310. The van der Waals surface area contributed by atoms with Crippen LogP contribution >= 0.6 is 11.6 Å². The van der Waals surface area contributed by atoms with Gasteiger partial charge in [0, 0.05) is 16.3 Å². The molecule has 9 heteroatoms. The summed E-state index contributed by atoms with van der Waals surface area (Å²) < 4.78 is 18.5. The molecule has 4 rings (SSSR count). The molecule has 0 spiro atoms. The third-order valence-corrected chi connectivity index (χ3v) is 3.54. The maximum absolute atomic E-state index is 12.9. The number of anilines is 2. The Hall–Kier alpha value is -3.26. The minimum absolute atomic E-state index is 0.122. The molecule has 7 nitrogen and oxygen atoms in total. The number of nitrogens with one attached hydrogen (secondary N) is 1. The summed E-state index contributed by atoms with van der Waals surface area (Å²) in [7, 11) is 0. The van der Waals surface area contributed by atoms with Crippen molar-refractivity contribution in [3.63, 3.8) is 0 Å². The Labute approximate surface area is 146 Å². The molecule has 2 aromatic carbocycles. The molecule has 25 heavy (non-hydrogen) atoms. The first-order chi connectivity index (χ1) is 12.2. The maximum Gasteiger partial charge on any atom is 0.361 e. The maximum atomic E-state index is 12.9. The van der Waals surface area contributed by atoms with Crippen molar-refractivity contribution in [1.82, 2.24) is 25.2 Å². The minimum Gasteiger partial charge on any atom is -0.401 e. The molecule has 124 valence electrons. The number of nitrogens with zero attached hydrogens (tertiary/aromatic N) is 5. The number of hydrogen-bond donors (Lipinski definition) is 1. The smallest absolute Gasteiger partial charge is 0.361 e. The van der Waals surface area contributed by atoms with Crippen LogP contribution in [0, 0.1) is 5.82 Å². The summed E-state index contributed by atoms with van der Waals surface area (Å²) in [4.78, 5) is 1.21. The van der Waals surface area contributed by atoms with Crippen molar-refractivity contribution in [1.29, 1.82) is 0 Å². The van der Waals surface area contributed by atoms with Gasteiger partial charge in [-0.2, -0.15) is 5.10 Å².